The number of hydrogen-bond donors (Lipinski definition) is 0. The van der Waals surface area contributed by atoms with Crippen molar-refractivity contribution in [2.75, 3.05) is 0 Å². The molecule has 0 amide bonds. The quantitative estimate of drug-likeness (QED) is 0.0213. The minimum atomic E-state index is -7.22. The molecule has 66 heavy (non-hydrogen) atoms. The van der Waals surface area contributed by atoms with E-state index in [4.69, 9.17) is 5.53 Å². The molecule has 0 saturated heterocycles. The molecule has 342 valence electrons. The van der Waals surface area contributed by atoms with Crippen LogP contribution in [-0.2, 0) is 13.1 Å². The Labute approximate surface area is 354 Å². The summed E-state index contributed by atoms with van der Waals surface area (Å²) in [5, 5.41) is 6.04. The highest BCUT2D eigenvalue weighted by Gasteiger charge is 2.52. The predicted molar refractivity (Wildman–Crippen MR) is 192 cm³/mol. The van der Waals surface area contributed by atoms with Crippen molar-refractivity contribution in [2.45, 2.75) is 13.1 Å². The molecular formula is C41H15BF20N4. The maximum Gasteiger partial charge on any atom is 0.200 e. The van der Waals surface area contributed by atoms with Crippen LogP contribution in [0.2, 0.25) is 0 Å². The maximum atomic E-state index is 15.4. The average molecular weight is 954 g/mol. The van der Waals surface area contributed by atoms with E-state index < -0.39 is 144 Å². The molecule has 4 nitrogen and oxygen atoms in total. The van der Waals surface area contributed by atoms with E-state index in [1.165, 1.54) is 5.56 Å². The second-order valence-electron chi connectivity index (χ2n) is 13.7. The molecule has 1 aromatic heterocycles. The summed E-state index contributed by atoms with van der Waals surface area (Å²) >= 11 is 0. The SMILES string of the molecule is Fc1c(F)c(F)c([B-](c2c(F)c(F)c(F)c(F)c2F)(c2c(F)c(F)c(F)c(F)c2F)c2c(F)c(F)c(F)c(F)c2F)c(F)c1F.[N-]=[N+]=NCc1c2ccccc2cc[n+]1Cc1ccccc1. The number of pyridine rings is 1. The molecule has 0 unspecified atom stereocenters. The normalized spacial score (nSPS) is 11.5. The number of halogens is 20. The molecule has 7 rings (SSSR count). The van der Waals surface area contributed by atoms with Gasteiger partial charge >= 0.3 is 0 Å². The van der Waals surface area contributed by atoms with Crippen molar-refractivity contribution in [3.05, 3.63) is 205 Å². The Morgan fingerprint density at radius 2 is 0.697 bits per heavy atom. The summed E-state index contributed by atoms with van der Waals surface area (Å²) in [5.74, 6) is -71.4. The van der Waals surface area contributed by atoms with Crippen molar-refractivity contribution in [1.82, 2.24) is 0 Å². The number of aromatic nitrogens is 1. The zero-order valence-electron chi connectivity index (χ0n) is 31.7. The summed E-state index contributed by atoms with van der Waals surface area (Å²) in [4.78, 5) is 2.90. The van der Waals surface area contributed by atoms with Crippen molar-refractivity contribution in [2.24, 2.45) is 5.11 Å². The summed E-state index contributed by atoms with van der Waals surface area (Å²) < 4.78 is 296. The number of fused-ring (bicyclic) bond motifs is 1. The molecule has 25 heteroatoms. The maximum absolute atomic E-state index is 15.4. The smallest absolute Gasteiger partial charge is 0.200 e. The summed E-state index contributed by atoms with van der Waals surface area (Å²) in [7, 11) is 0. The van der Waals surface area contributed by atoms with Crippen molar-refractivity contribution in [3.63, 3.8) is 0 Å². The number of nitrogens with zero attached hydrogens (tertiary/aromatic N) is 4. The first kappa shape index (κ1) is 48.2. The Balaban J connectivity index is 0.000000284. The average Bonchev–Trinajstić information content (AvgIpc) is 3.31. The van der Waals surface area contributed by atoms with Crippen LogP contribution >= 0.6 is 0 Å². The van der Waals surface area contributed by atoms with Crippen LogP contribution in [0.4, 0.5) is 87.8 Å². The van der Waals surface area contributed by atoms with Gasteiger partial charge in [0.15, 0.2) is 88.2 Å². The van der Waals surface area contributed by atoms with E-state index in [-0.39, 0.29) is 0 Å². The van der Waals surface area contributed by atoms with Crippen molar-refractivity contribution in [1.29, 1.82) is 0 Å². The van der Waals surface area contributed by atoms with Gasteiger partial charge in [-0.2, -0.15) is 4.57 Å². The lowest BCUT2D eigenvalue weighted by Crippen LogP contribution is -2.81. The van der Waals surface area contributed by atoms with E-state index in [0.29, 0.717) is 6.54 Å². The van der Waals surface area contributed by atoms with Crippen LogP contribution in [0.15, 0.2) is 72.0 Å². The van der Waals surface area contributed by atoms with E-state index in [9.17, 15) is 52.7 Å². The lowest BCUT2D eigenvalue weighted by Gasteiger charge is -2.44. The molecule has 0 N–H and O–H groups in total. The van der Waals surface area contributed by atoms with Gasteiger partial charge in [0, 0.05) is 21.9 Å². The van der Waals surface area contributed by atoms with Crippen molar-refractivity contribution in [3.8, 4) is 0 Å². The van der Waals surface area contributed by atoms with Gasteiger partial charge in [-0.1, -0.05) is 53.6 Å². The fourth-order valence-electron chi connectivity index (χ4n) is 7.40. The molecule has 0 spiro atoms. The number of hydrogen-bond acceptors (Lipinski definition) is 1. The molecule has 0 aliphatic carbocycles. The molecule has 0 atom stereocenters. The van der Waals surface area contributed by atoms with E-state index in [1.54, 1.807) is 0 Å². The van der Waals surface area contributed by atoms with Crippen LogP contribution in [0.5, 0.6) is 0 Å². The van der Waals surface area contributed by atoms with Crippen LogP contribution in [0.25, 0.3) is 21.2 Å². The lowest BCUT2D eigenvalue weighted by molar-refractivity contribution is -0.694. The van der Waals surface area contributed by atoms with Crippen molar-refractivity contribution < 1.29 is 92.4 Å². The summed E-state index contributed by atoms with van der Waals surface area (Å²) in [6.07, 6.45) is -5.16. The fraction of sp³-hybridized carbons (Fsp3) is 0.0488. The third-order valence-corrected chi connectivity index (χ3v) is 10.2. The predicted octanol–water partition coefficient (Wildman–Crippen LogP) is 9.83. The van der Waals surface area contributed by atoms with Crippen LogP contribution in [-0.4, -0.2) is 6.15 Å². The largest absolute Gasteiger partial charge is 0.207 e. The molecule has 0 aliphatic heterocycles. The van der Waals surface area contributed by atoms with E-state index in [0.717, 1.165) is 23.0 Å². The Morgan fingerprint density at radius 3 is 1.03 bits per heavy atom. The standard InChI is InChI=1S/C24BF20.C17H15N4/c26-5-1(6(27)14(35)21(42)13(5)34)25(2-7(28)15(36)22(43)16(37)8(2)29,3-9(30)17(38)23(44)18(39)10(3)31)4-11(32)19(40)24(45)20(41)12(4)33;18-20-19-12-17-16-9-5-4-8-15(16)10-11-21(17)13-14-6-2-1-3-7-14/h;1-11H,12-13H2/q-1;+1. The molecule has 7 aromatic rings. The van der Waals surface area contributed by atoms with E-state index >= 15 is 35.1 Å². The number of azide groups is 1. The monoisotopic (exact) mass is 954 g/mol. The zero-order chi connectivity index (χ0) is 48.8. The van der Waals surface area contributed by atoms with E-state index in [2.05, 4.69) is 51.1 Å². The third-order valence-electron chi connectivity index (χ3n) is 10.2. The Bertz CT molecular complexity index is 2780. The zero-order valence-corrected chi connectivity index (χ0v) is 31.7. The molecule has 0 aliphatic rings. The summed E-state index contributed by atoms with van der Waals surface area (Å²) in [6.45, 7) is 1.12. The second kappa shape index (κ2) is 18.3. The highest BCUT2D eigenvalue weighted by atomic mass is 19.2. The molecule has 1 heterocycles. The number of benzene rings is 6. The fourth-order valence-corrected chi connectivity index (χ4v) is 7.40. The first-order chi connectivity index (χ1) is 31.1. The van der Waals surface area contributed by atoms with Gasteiger partial charge in [-0.3, -0.25) is 0 Å². The molecular weight excluding hydrogens is 939 g/mol. The minimum absolute atomic E-state index is 0.352. The van der Waals surface area contributed by atoms with Crippen LogP contribution in [0, 0.1) is 116 Å². The highest BCUT2D eigenvalue weighted by Crippen LogP contribution is 2.31. The molecule has 0 radical (unpaired) electrons. The van der Waals surface area contributed by atoms with Gasteiger partial charge in [-0.15, -0.1) is 21.9 Å². The summed E-state index contributed by atoms with van der Waals surface area (Å²) in [5.41, 5.74) is -3.44. The Kier molecular flexibility index (Phi) is 13.4. The van der Waals surface area contributed by atoms with Gasteiger partial charge in [-0.25, -0.2) is 87.8 Å². The first-order valence-corrected chi connectivity index (χ1v) is 17.8. The first-order valence-electron chi connectivity index (χ1n) is 17.8. The highest BCUT2D eigenvalue weighted by molar-refractivity contribution is 7.20. The van der Waals surface area contributed by atoms with Crippen LogP contribution < -0.4 is 26.4 Å². The van der Waals surface area contributed by atoms with Gasteiger partial charge < -0.3 is 0 Å². The van der Waals surface area contributed by atoms with Gasteiger partial charge in [0.25, 0.3) is 0 Å². The van der Waals surface area contributed by atoms with Crippen LogP contribution in [0.3, 0.4) is 0 Å². The third kappa shape index (κ3) is 7.55. The molecule has 0 saturated carbocycles. The lowest BCUT2D eigenvalue weighted by atomic mass is 9.12. The molecule has 0 fully saturated rings. The van der Waals surface area contributed by atoms with Gasteiger partial charge in [0.05, 0.1) is 0 Å². The minimum Gasteiger partial charge on any atom is -0.207 e. The van der Waals surface area contributed by atoms with Gasteiger partial charge in [0.2, 0.25) is 0 Å². The number of rotatable bonds is 8. The van der Waals surface area contributed by atoms with Gasteiger partial charge in [0.1, 0.15) is 59.2 Å². The van der Waals surface area contributed by atoms with Crippen LogP contribution in [0.1, 0.15) is 11.3 Å². The second-order valence-corrected chi connectivity index (χ2v) is 13.7. The van der Waals surface area contributed by atoms with E-state index in [1.807, 2.05) is 30.3 Å². The van der Waals surface area contributed by atoms with Crippen molar-refractivity contribution >= 4 is 38.8 Å². The Hall–Kier alpha value is -7.30. The topological polar surface area (TPSA) is 52.6 Å². The molecule has 6 aromatic carbocycles. The molecule has 0 bridgehead atoms. The summed E-state index contributed by atoms with van der Waals surface area (Å²) in [6, 6.07) is 20.5. The Morgan fingerprint density at radius 1 is 0.394 bits per heavy atom. The van der Waals surface area contributed by atoms with Gasteiger partial charge in [-0.05, 0) is 17.0 Å².